The van der Waals surface area contributed by atoms with Crippen molar-refractivity contribution in [3.05, 3.63) is 75.4 Å². The van der Waals surface area contributed by atoms with E-state index >= 15 is 0 Å². The number of nitrogens with zero attached hydrogens (tertiary/aromatic N) is 1. The number of nitrogens with one attached hydrogen (secondary N) is 2. The Morgan fingerprint density at radius 2 is 1.83 bits per heavy atom. The molecule has 0 saturated carbocycles. The fourth-order valence-corrected chi connectivity index (χ4v) is 3.99. The molecule has 0 bridgehead atoms. The topological polar surface area (TPSA) is 78.5 Å². The van der Waals surface area contributed by atoms with Gasteiger partial charge in [-0.2, -0.15) is 0 Å². The van der Waals surface area contributed by atoms with E-state index in [1.54, 1.807) is 24.3 Å². The van der Waals surface area contributed by atoms with Gasteiger partial charge in [-0.3, -0.25) is 30.1 Å². The van der Waals surface area contributed by atoms with Crippen LogP contribution in [0, 0.1) is 5.82 Å². The van der Waals surface area contributed by atoms with Crippen LogP contribution in [0.1, 0.15) is 22.3 Å². The molecule has 0 unspecified atom stereocenters. The molecule has 2 aromatic carbocycles. The third-order valence-corrected chi connectivity index (χ3v) is 5.77. The van der Waals surface area contributed by atoms with Gasteiger partial charge in [-0.15, -0.1) is 0 Å². The van der Waals surface area contributed by atoms with E-state index in [0.29, 0.717) is 19.8 Å². The molecule has 0 aromatic heterocycles. The van der Waals surface area contributed by atoms with Gasteiger partial charge in [-0.05, 0) is 42.0 Å². The highest BCUT2D eigenvalue weighted by molar-refractivity contribution is 8.26. The fourth-order valence-electron chi connectivity index (χ4n) is 2.50. The van der Waals surface area contributed by atoms with E-state index in [4.69, 9.17) is 23.8 Å². The van der Waals surface area contributed by atoms with Crippen LogP contribution in [0.5, 0.6) is 0 Å². The lowest BCUT2D eigenvalue weighted by molar-refractivity contribution is -0.124. The SMILES string of the molecule is O=C(CCN1C(=O)/C(=C\c2ccccc2Cl)SC1=S)NNC(=O)c1ccc(F)cc1. The van der Waals surface area contributed by atoms with E-state index < -0.39 is 17.6 Å². The number of carbonyl (C=O) groups excluding carboxylic acids is 3. The first-order chi connectivity index (χ1) is 14.3. The lowest BCUT2D eigenvalue weighted by atomic mass is 10.2. The zero-order valence-corrected chi connectivity index (χ0v) is 17.7. The summed E-state index contributed by atoms with van der Waals surface area (Å²) < 4.78 is 13.2. The van der Waals surface area contributed by atoms with Crippen LogP contribution in [0.4, 0.5) is 4.39 Å². The zero-order valence-electron chi connectivity index (χ0n) is 15.4. The molecule has 1 aliphatic heterocycles. The molecule has 0 spiro atoms. The third kappa shape index (κ3) is 5.44. The van der Waals surface area contributed by atoms with Crippen LogP contribution in [-0.2, 0) is 9.59 Å². The molecule has 1 heterocycles. The number of amides is 3. The summed E-state index contributed by atoms with van der Waals surface area (Å²) in [5.41, 5.74) is 5.38. The summed E-state index contributed by atoms with van der Waals surface area (Å²) in [5.74, 6) is -1.87. The highest BCUT2D eigenvalue weighted by atomic mass is 35.5. The monoisotopic (exact) mass is 463 g/mol. The number of hydrogen-bond donors (Lipinski definition) is 2. The van der Waals surface area contributed by atoms with Gasteiger partial charge < -0.3 is 0 Å². The van der Waals surface area contributed by atoms with Gasteiger partial charge in [0.25, 0.3) is 11.8 Å². The molecule has 1 aliphatic rings. The first kappa shape index (κ1) is 21.9. The molecule has 30 heavy (non-hydrogen) atoms. The van der Waals surface area contributed by atoms with Crippen LogP contribution in [0.2, 0.25) is 5.02 Å². The molecule has 3 amide bonds. The van der Waals surface area contributed by atoms with Crippen LogP contribution in [0.25, 0.3) is 6.08 Å². The number of benzene rings is 2. The molecular formula is C20H15ClFN3O3S2. The summed E-state index contributed by atoms with van der Waals surface area (Å²) in [6, 6.07) is 12.0. The summed E-state index contributed by atoms with van der Waals surface area (Å²) in [7, 11) is 0. The first-order valence-electron chi connectivity index (χ1n) is 8.70. The maximum atomic E-state index is 12.9. The van der Waals surface area contributed by atoms with Crippen molar-refractivity contribution in [3.8, 4) is 0 Å². The molecule has 0 radical (unpaired) electrons. The van der Waals surface area contributed by atoms with Crippen molar-refractivity contribution in [2.45, 2.75) is 6.42 Å². The number of hydrogen-bond acceptors (Lipinski definition) is 5. The standard InChI is InChI=1S/C20H15ClFN3O3S2/c21-15-4-2-1-3-13(15)11-16-19(28)25(20(29)30-16)10-9-17(26)23-24-18(27)12-5-7-14(22)8-6-12/h1-8,11H,9-10H2,(H,23,26)(H,24,27)/b16-11+. The quantitative estimate of drug-likeness (QED) is 0.403. The third-order valence-electron chi connectivity index (χ3n) is 4.05. The van der Waals surface area contributed by atoms with Gasteiger partial charge in [-0.25, -0.2) is 4.39 Å². The number of rotatable bonds is 5. The van der Waals surface area contributed by atoms with Gasteiger partial charge in [0.05, 0.1) is 4.91 Å². The zero-order chi connectivity index (χ0) is 21.7. The van der Waals surface area contributed by atoms with Crippen LogP contribution >= 0.6 is 35.6 Å². The molecule has 10 heteroatoms. The Morgan fingerprint density at radius 1 is 1.13 bits per heavy atom. The van der Waals surface area contributed by atoms with Crippen molar-refractivity contribution in [2.24, 2.45) is 0 Å². The summed E-state index contributed by atoms with van der Waals surface area (Å²) >= 11 is 12.5. The van der Waals surface area contributed by atoms with Crippen molar-refractivity contribution in [1.29, 1.82) is 0 Å². The molecule has 6 nitrogen and oxygen atoms in total. The van der Waals surface area contributed by atoms with E-state index in [2.05, 4.69) is 10.9 Å². The van der Waals surface area contributed by atoms with E-state index in [1.807, 2.05) is 6.07 Å². The van der Waals surface area contributed by atoms with Gasteiger partial charge >= 0.3 is 0 Å². The number of thiocarbonyl (C=S) groups is 1. The summed E-state index contributed by atoms with van der Waals surface area (Å²) in [6.07, 6.45) is 1.58. The van der Waals surface area contributed by atoms with Crippen molar-refractivity contribution in [3.63, 3.8) is 0 Å². The Hall–Kier alpha value is -2.75. The Bertz CT molecular complexity index is 1040. The molecule has 0 aliphatic carbocycles. The van der Waals surface area contributed by atoms with Crippen LogP contribution < -0.4 is 10.9 Å². The molecule has 3 rings (SSSR count). The number of hydrazine groups is 1. The Kier molecular flexibility index (Phi) is 7.20. The predicted octanol–water partition coefficient (Wildman–Crippen LogP) is 3.53. The predicted molar refractivity (Wildman–Crippen MR) is 118 cm³/mol. The maximum Gasteiger partial charge on any atom is 0.269 e. The van der Waals surface area contributed by atoms with Crippen molar-refractivity contribution >= 4 is 63.7 Å². The Balaban J connectivity index is 1.52. The van der Waals surface area contributed by atoms with Crippen molar-refractivity contribution < 1.29 is 18.8 Å². The highest BCUT2D eigenvalue weighted by Crippen LogP contribution is 2.33. The molecule has 2 aromatic rings. The molecule has 1 fully saturated rings. The van der Waals surface area contributed by atoms with Crippen molar-refractivity contribution in [2.75, 3.05) is 6.54 Å². The van der Waals surface area contributed by atoms with Crippen LogP contribution in [0.15, 0.2) is 53.4 Å². The minimum atomic E-state index is -0.586. The average Bonchev–Trinajstić information content (AvgIpc) is 2.99. The van der Waals surface area contributed by atoms with Gasteiger partial charge in [-0.1, -0.05) is 53.8 Å². The number of halogens is 2. The average molecular weight is 464 g/mol. The Labute approximate surface area is 186 Å². The minimum absolute atomic E-state index is 0.0583. The van der Waals surface area contributed by atoms with Crippen molar-refractivity contribution in [1.82, 2.24) is 15.8 Å². The second-order valence-electron chi connectivity index (χ2n) is 6.11. The van der Waals surface area contributed by atoms with Crippen LogP contribution in [0.3, 0.4) is 0 Å². The second-order valence-corrected chi connectivity index (χ2v) is 8.20. The smallest absolute Gasteiger partial charge is 0.269 e. The molecule has 1 saturated heterocycles. The fraction of sp³-hybridized carbons (Fsp3) is 0.100. The molecule has 154 valence electrons. The molecule has 0 atom stereocenters. The second kappa shape index (κ2) is 9.84. The minimum Gasteiger partial charge on any atom is -0.292 e. The van der Waals surface area contributed by atoms with Gasteiger partial charge in [0.1, 0.15) is 10.1 Å². The van der Waals surface area contributed by atoms with Gasteiger partial charge in [0.2, 0.25) is 5.91 Å². The summed E-state index contributed by atoms with van der Waals surface area (Å²) in [5, 5.41) is 0.513. The number of thioether (sulfide) groups is 1. The highest BCUT2D eigenvalue weighted by Gasteiger charge is 2.32. The first-order valence-corrected chi connectivity index (χ1v) is 10.3. The van der Waals surface area contributed by atoms with Gasteiger partial charge in [0.15, 0.2) is 0 Å². The number of carbonyl (C=O) groups is 3. The van der Waals surface area contributed by atoms with E-state index in [1.165, 1.54) is 17.0 Å². The summed E-state index contributed by atoms with van der Waals surface area (Å²) in [4.78, 5) is 38.3. The summed E-state index contributed by atoms with van der Waals surface area (Å²) in [6.45, 7) is 0.0583. The molecular weight excluding hydrogens is 449 g/mol. The lowest BCUT2D eigenvalue weighted by Crippen LogP contribution is -2.43. The van der Waals surface area contributed by atoms with Crippen LogP contribution in [-0.4, -0.2) is 33.5 Å². The maximum absolute atomic E-state index is 12.9. The van der Waals surface area contributed by atoms with E-state index in [9.17, 15) is 18.8 Å². The normalized spacial score (nSPS) is 14.9. The molecule has 2 N–H and O–H groups in total. The Morgan fingerprint density at radius 3 is 2.53 bits per heavy atom. The van der Waals surface area contributed by atoms with Gasteiger partial charge in [0, 0.05) is 23.6 Å². The lowest BCUT2D eigenvalue weighted by Gasteiger charge is -2.14. The largest absolute Gasteiger partial charge is 0.292 e. The van der Waals surface area contributed by atoms with E-state index in [-0.39, 0.29) is 24.4 Å². The van der Waals surface area contributed by atoms with E-state index in [0.717, 1.165) is 23.9 Å².